The van der Waals surface area contributed by atoms with Gasteiger partial charge in [-0.2, -0.15) is 10.2 Å². The second-order valence-electron chi connectivity index (χ2n) is 3.82. The molecule has 16 heavy (non-hydrogen) atoms. The van der Waals surface area contributed by atoms with Gasteiger partial charge < -0.3 is 5.32 Å². The zero-order valence-electron chi connectivity index (χ0n) is 9.90. The van der Waals surface area contributed by atoms with Crippen molar-refractivity contribution in [2.75, 3.05) is 7.05 Å². The molecule has 4 nitrogen and oxygen atoms in total. The first-order valence-corrected chi connectivity index (χ1v) is 5.29. The van der Waals surface area contributed by atoms with Crippen molar-refractivity contribution < 1.29 is 4.79 Å². The Kier molecular flexibility index (Phi) is 4.64. The van der Waals surface area contributed by atoms with Crippen molar-refractivity contribution in [2.24, 2.45) is 10.2 Å². The molecule has 86 valence electrons. The van der Waals surface area contributed by atoms with Crippen LogP contribution < -0.4 is 5.32 Å². The molecule has 0 fully saturated rings. The average molecular weight is 219 g/mol. The van der Waals surface area contributed by atoms with Crippen molar-refractivity contribution >= 4 is 5.91 Å². The van der Waals surface area contributed by atoms with Crippen molar-refractivity contribution in [3.8, 4) is 0 Å². The summed E-state index contributed by atoms with van der Waals surface area (Å²) in [6.07, 6.45) is 0. The summed E-state index contributed by atoms with van der Waals surface area (Å²) in [6.45, 7) is 4.43. The smallest absolute Gasteiger partial charge is 0.251 e. The van der Waals surface area contributed by atoms with Crippen LogP contribution in [-0.2, 0) is 6.54 Å². The number of carbonyl (C=O) groups excluding carboxylic acids is 1. The Bertz CT molecular complexity index is 368. The monoisotopic (exact) mass is 219 g/mol. The summed E-state index contributed by atoms with van der Waals surface area (Å²) in [6, 6.07) is 7.55. The maximum absolute atomic E-state index is 11.6. The van der Waals surface area contributed by atoms with E-state index in [1.807, 2.05) is 26.0 Å². The molecule has 0 saturated carbocycles. The highest BCUT2D eigenvalue weighted by Gasteiger charge is 2.05. The summed E-state index contributed by atoms with van der Waals surface area (Å²) in [5.41, 5.74) is 1.72. The Labute approximate surface area is 95.8 Å². The van der Waals surface area contributed by atoms with Gasteiger partial charge in [0.15, 0.2) is 0 Å². The molecule has 0 unspecified atom stereocenters. The van der Waals surface area contributed by atoms with Gasteiger partial charge >= 0.3 is 0 Å². The first-order chi connectivity index (χ1) is 7.63. The first kappa shape index (κ1) is 12.4. The molecule has 0 saturated heterocycles. The number of carbonyl (C=O) groups is 1. The highest BCUT2D eigenvalue weighted by molar-refractivity contribution is 5.94. The largest absolute Gasteiger partial charge is 0.350 e. The summed E-state index contributed by atoms with van der Waals surface area (Å²) in [5.74, 6) is -0.0429. The third-order valence-corrected chi connectivity index (χ3v) is 2.03. The third-order valence-electron chi connectivity index (χ3n) is 2.03. The minimum Gasteiger partial charge on any atom is -0.350 e. The summed E-state index contributed by atoms with van der Waals surface area (Å²) in [4.78, 5) is 11.6. The molecule has 0 aliphatic carbocycles. The van der Waals surface area contributed by atoms with Gasteiger partial charge in [-0.3, -0.25) is 4.79 Å². The lowest BCUT2D eigenvalue weighted by Gasteiger charge is -2.08. The zero-order valence-corrected chi connectivity index (χ0v) is 9.90. The van der Waals surface area contributed by atoms with Crippen LogP contribution in [0.25, 0.3) is 0 Å². The molecule has 0 aromatic heterocycles. The van der Waals surface area contributed by atoms with Gasteiger partial charge in [-0.1, -0.05) is 12.1 Å². The summed E-state index contributed by atoms with van der Waals surface area (Å²) < 4.78 is 0. The van der Waals surface area contributed by atoms with Crippen LogP contribution in [0.1, 0.15) is 29.8 Å². The molecule has 1 N–H and O–H groups in total. The Balaban J connectivity index is 2.67. The van der Waals surface area contributed by atoms with Gasteiger partial charge in [0.2, 0.25) is 0 Å². The maximum atomic E-state index is 11.6. The lowest BCUT2D eigenvalue weighted by Crippen LogP contribution is -2.29. The van der Waals surface area contributed by atoms with Gasteiger partial charge in [0.25, 0.3) is 5.91 Å². The van der Waals surface area contributed by atoms with Crippen LogP contribution in [0.5, 0.6) is 0 Å². The molecule has 0 radical (unpaired) electrons. The van der Waals surface area contributed by atoms with E-state index in [1.54, 1.807) is 19.2 Å². The predicted molar refractivity (Wildman–Crippen MR) is 63.5 cm³/mol. The fourth-order valence-corrected chi connectivity index (χ4v) is 1.26. The number of hydrogen-bond donors (Lipinski definition) is 1. The normalized spacial score (nSPS) is 11.0. The molecule has 1 aromatic rings. The molecule has 4 heteroatoms. The standard InChI is InChI=1S/C12H17N3O/c1-9(2)15-12(16)11-6-4-10(5-7-11)8-14-13-3/h4-7,9H,8H2,1-3H3,(H,15,16). The average Bonchev–Trinajstić information content (AvgIpc) is 2.26. The molecule has 0 atom stereocenters. The van der Waals surface area contributed by atoms with Crippen molar-refractivity contribution in [3.63, 3.8) is 0 Å². The first-order valence-electron chi connectivity index (χ1n) is 5.29. The van der Waals surface area contributed by atoms with E-state index >= 15 is 0 Å². The fourth-order valence-electron chi connectivity index (χ4n) is 1.26. The van der Waals surface area contributed by atoms with Crippen LogP contribution in [0.2, 0.25) is 0 Å². The van der Waals surface area contributed by atoms with Crippen LogP contribution in [0.4, 0.5) is 0 Å². The van der Waals surface area contributed by atoms with Crippen LogP contribution in [0.15, 0.2) is 34.5 Å². The number of azo groups is 1. The molecule has 0 aliphatic heterocycles. The van der Waals surface area contributed by atoms with E-state index in [9.17, 15) is 4.79 Å². The molecule has 1 rings (SSSR count). The maximum Gasteiger partial charge on any atom is 0.251 e. The topological polar surface area (TPSA) is 53.8 Å². The van der Waals surface area contributed by atoms with Crippen molar-refractivity contribution in [3.05, 3.63) is 35.4 Å². The van der Waals surface area contributed by atoms with Gasteiger partial charge in [-0.15, -0.1) is 0 Å². The van der Waals surface area contributed by atoms with Gasteiger partial charge in [-0.05, 0) is 31.5 Å². The van der Waals surface area contributed by atoms with E-state index in [-0.39, 0.29) is 11.9 Å². The van der Waals surface area contributed by atoms with Gasteiger partial charge in [0.1, 0.15) is 0 Å². The molecule has 1 aromatic carbocycles. The van der Waals surface area contributed by atoms with E-state index in [0.29, 0.717) is 12.1 Å². The summed E-state index contributed by atoms with van der Waals surface area (Å²) in [7, 11) is 1.64. The number of rotatable bonds is 4. The van der Waals surface area contributed by atoms with E-state index < -0.39 is 0 Å². The van der Waals surface area contributed by atoms with Crippen molar-refractivity contribution in [1.82, 2.24) is 5.32 Å². The van der Waals surface area contributed by atoms with Crippen molar-refractivity contribution in [2.45, 2.75) is 26.4 Å². The predicted octanol–water partition coefficient (Wildman–Crippen LogP) is 2.41. The second-order valence-corrected chi connectivity index (χ2v) is 3.82. The van der Waals surface area contributed by atoms with Crippen LogP contribution >= 0.6 is 0 Å². The van der Waals surface area contributed by atoms with Gasteiger partial charge in [0, 0.05) is 18.7 Å². The van der Waals surface area contributed by atoms with E-state index in [1.165, 1.54) is 0 Å². The zero-order chi connectivity index (χ0) is 12.0. The second kappa shape index (κ2) is 6.00. The molecule has 1 amide bonds. The molecular formula is C12H17N3O. The summed E-state index contributed by atoms with van der Waals surface area (Å²) in [5, 5.41) is 10.4. The Morgan fingerprint density at radius 2 is 1.94 bits per heavy atom. The number of nitrogens with zero attached hydrogens (tertiary/aromatic N) is 2. The third kappa shape index (κ3) is 3.81. The van der Waals surface area contributed by atoms with Crippen LogP contribution in [0, 0.1) is 0 Å². The Morgan fingerprint density at radius 1 is 1.31 bits per heavy atom. The quantitative estimate of drug-likeness (QED) is 0.777. The summed E-state index contributed by atoms with van der Waals surface area (Å²) >= 11 is 0. The lowest BCUT2D eigenvalue weighted by atomic mass is 10.1. The number of nitrogens with one attached hydrogen (secondary N) is 1. The Hall–Kier alpha value is -1.71. The van der Waals surface area contributed by atoms with E-state index in [0.717, 1.165) is 5.56 Å². The van der Waals surface area contributed by atoms with Crippen molar-refractivity contribution in [1.29, 1.82) is 0 Å². The minimum atomic E-state index is -0.0429. The van der Waals surface area contributed by atoms with Gasteiger partial charge in [-0.25, -0.2) is 0 Å². The number of benzene rings is 1. The molecule has 0 bridgehead atoms. The van der Waals surface area contributed by atoms with Crippen LogP contribution in [0.3, 0.4) is 0 Å². The Morgan fingerprint density at radius 3 is 2.44 bits per heavy atom. The molecule has 0 aliphatic rings. The lowest BCUT2D eigenvalue weighted by molar-refractivity contribution is 0.0943. The molecular weight excluding hydrogens is 202 g/mol. The minimum absolute atomic E-state index is 0.0429. The van der Waals surface area contributed by atoms with Crippen LogP contribution in [-0.4, -0.2) is 19.0 Å². The van der Waals surface area contributed by atoms with E-state index in [2.05, 4.69) is 15.5 Å². The molecule has 0 heterocycles. The number of amides is 1. The van der Waals surface area contributed by atoms with E-state index in [4.69, 9.17) is 0 Å². The highest BCUT2D eigenvalue weighted by atomic mass is 16.1. The molecule has 0 spiro atoms. The highest BCUT2D eigenvalue weighted by Crippen LogP contribution is 2.06. The number of hydrogen-bond acceptors (Lipinski definition) is 3. The van der Waals surface area contributed by atoms with Gasteiger partial charge in [0.05, 0.1) is 6.54 Å². The fraction of sp³-hybridized carbons (Fsp3) is 0.417. The SMILES string of the molecule is CN=NCc1ccc(C(=O)NC(C)C)cc1.